The molecule has 0 amide bonds. The smallest absolute Gasteiger partial charge is 0.335 e. The molecule has 19 heavy (non-hydrogen) atoms. The molecule has 0 aromatic heterocycles. The maximum absolute atomic E-state index is 11.1. The minimum absolute atomic E-state index is 0.0507. The Morgan fingerprint density at radius 3 is 2.37 bits per heavy atom. The molecule has 0 radical (unpaired) electrons. The summed E-state index contributed by atoms with van der Waals surface area (Å²) in [4.78, 5) is 23.5. The SMILES string of the molecule is O=C(O)c1ccc(N2CCCCCC2)c([N+](=O)[O-])c1. The normalized spacial score (nSPS) is 15.9. The van der Waals surface area contributed by atoms with E-state index in [1.807, 2.05) is 4.90 Å². The number of benzene rings is 1. The minimum atomic E-state index is -1.15. The van der Waals surface area contributed by atoms with E-state index in [1.165, 1.54) is 6.07 Å². The third-order valence-electron chi connectivity index (χ3n) is 3.37. The van der Waals surface area contributed by atoms with Crippen molar-refractivity contribution in [2.75, 3.05) is 18.0 Å². The van der Waals surface area contributed by atoms with Crippen LogP contribution in [-0.2, 0) is 0 Å². The Labute approximate surface area is 110 Å². The van der Waals surface area contributed by atoms with E-state index < -0.39 is 10.9 Å². The summed E-state index contributed by atoms with van der Waals surface area (Å²) in [6.07, 6.45) is 4.30. The van der Waals surface area contributed by atoms with Crippen molar-refractivity contribution in [1.29, 1.82) is 0 Å². The molecule has 0 aliphatic carbocycles. The Morgan fingerprint density at radius 2 is 1.84 bits per heavy atom. The molecule has 0 atom stereocenters. The molecule has 0 bridgehead atoms. The number of anilines is 1. The first-order chi connectivity index (χ1) is 9.09. The Morgan fingerprint density at radius 1 is 1.21 bits per heavy atom. The van der Waals surface area contributed by atoms with Crippen molar-refractivity contribution in [3.05, 3.63) is 33.9 Å². The highest BCUT2D eigenvalue weighted by Gasteiger charge is 2.22. The zero-order valence-electron chi connectivity index (χ0n) is 10.5. The highest BCUT2D eigenvalue weighted by molar-refractivity contribution is 5.89. The van der Waals surface area contributed by atoms with Gasteiger partial charge in [0.25, 0.3) is 5.69 Å². The van der Waals surface area contributed by atoms with Crippen LogP contribution in [0.4, 0.5) is 11.4 Å². The monoisotopic (exact) mass is 264 g/mol. The molecule has 6 heteroatoms. The van der Waals surface area contributed by atoms with Crippen LogP contribution in [0.1, 0.15) is 36.0 Å². The molecule has 0 spiro atoms. The van der Waals surface area contributed by atoms with E-state index >= 15 is 0 Å². The third kappa shape index (κ3) is 3.01. The average molecular weight is 264 g/mol. The Hall–Kier alpha value is -2.11. The van der Waals surface area contributed by atoms with Gasteiger partial charge < -0.3 is 10.0 Å². The lowest BCUT2D eigenvalue weighted by Gasteiger charge is -2.22. The van der Waals surface area contributed by atoms with Crippen LogP contribution >= 0.6 is 0 Å². The lowest BCUT2D eigenvalue weighted by Crippen LogP contribution is -2.24. The van der Waals surface area contributed by atoms with Crippen molar-refractivity contribution in [2.45, 2.75) is 25.7 Å². The Kier molecular flexibility index (Phi) is 3.99. The van der Waals surface area contributed by atoms with E-state index in [9.17, 15) is 14.9 Å². The summed E-state index contributed by atoms with van der Waals surface area (Å²) in [6.45, 7) is 1.57. The van der Waals surface area contributed by atoms with E-state index in [1.54, 1.807) is 6.07 Å². The average Bonchev–Trinajstić information content (AvgIpc) is 2.66. The number of hydrogen-bond donors (Lipinski definition) is 1. The molecule has 1 heterocycles. The third-order valence-corrected chi connectivity index (χ3v) is 3.37. The molecule has 102 valence electrons. The van der Waals surface area contributed by atoms with Crippen molar-refractivity contribution in [1.82, 2.24) is 0 Å². The van der Waals surface area contributed by atoms with Gasteiger partial charge in [-0.3, -0.25) is 10.1 Å². The van der Waals surface area contributed by atoms with Crippen LogP contribution in [0.2, 0.25) is 0 Å². The van der Waals surface area contributed by atoms with Crippen LogP contribution in [0.5, 0.6) is 0 Å². The number of nitrogens with zero attached hydrogens (tertiary/aromatic N) is 2. The van der Waals surface area contributed by atoms with Crippen LogP contribution in [0.25, 0.3) is 0 Å². The van der Waals surface area contributed by atoms with Crippen LogP contribution in [0.3, 0.4) is 0 Å². The second-order valence-corrected chi connectivity index (χ2v) is 4.67. The molecule has 0 unspecified atom stereocenters. The van der Waals surface area contributed by atoms with E-state index in [2.05, 4.69) is 0 Å². The van der Waals surface area contributed by atoms with Crippen LogP contribution < -0.4 is 4.90 Å². The fourth-order valence-electron chi connectivity index (χ4n) is 2.38. The fraction of sp³-hybridized carbons (Fsp3) is 0.462. The summed E-state index contributed by atoms with van der Waals surface area (Å²) < 4.78 is 0. The maximum Gasteiger partial charge on any atom is 0.335 e. The molecule has 1 aromatic carbocycles. The van der Waals surface area contributed by atoms with Gasteiger partial charge in [-0.25, -0.2) is 4.79 Å². The van der Waals surface area contributed by atoms with Gasteiger partial charge in [0.2, 0.25) is 0 Å². The molecule has 1 fully saturated rings. The highest BCUT2D eigenvalue weighted by Crippen LogP contribution is 2.31. The molecular formula is C13H16N2O4. The number of nitro benzene ring substituents is 1. The second kappa shape index (κ2) is 5.69. The maximum atomic E-state index is 11.1. The molecule has 1 aliphatic heterocycles. The van der Waals surface area contributed by atoms with Crippen molar-refractivity contribution in [2.24, 2.45) is 0 Å². The van der Waals surface area contributed by atoms with Crippen molar-refractivity contribution < 1.29 is 14.8 Å². The van der Waals surface area contributed by atoms with Gasteiger partial charge in [0, 0.05) is 19.2 Å². The number of carboxylic acids is 1. The molecule has 0 saturated carbocycles. The van der Waals surface area contributed by atoms with Gasteiger partial charge in [-0.05, 0) is 25.0 Å². The molecule has 1 saturated heterocycles. The molecule has 1 N–H and O–H groups in total. The van der Waals surface area contributed by atoms with Gasteiger partial charge in [0.1, 0.15) is 5.69 Å². The van der Waals surface area contributed by atoms with E-state index in [0.29, 0.717) is 5.69 Å². The standard InChI is InChI=1S/C13H16N2O4/c16-13(17)10-5-6-11(12(9-10)15(18)19)14-7-3-1-2-4-8-14/h5-6,9H,1-4,7-8H2,(H,16,17). The molecule has 6 nitrogen and oxygen atoms in total. The predicted octanol–water partition coefficient (Wildman–Crippen LogP) is 2.67. The minimum Gasteiger partial charge on any atom is -0.478 e. The summed E-state index contributed by atoms with van der Waals surface area (Å²) in [7, 11) is 0. The predicted molar refractivity (Wildman–Crippen MR) is 70.7 cm³/mol. The van der Waals surface area contributed by atoms with Crippen molar-refractivity contribution in [3.8, 4) is 0 Å². The summed E-state index contributed by atoms with van der Waals surface area (Å²) in [6, 6.07) is 4.12. The van der Waals surface area contributed by atoms with Gasteiger partial charge in [0.05, 0.1) is 10.5 Å². The quantitative estimate of drug-likeness (QED) is 0.670. The largest absolute Gasteiger partial charge is 0.478 e. The Balaban J connectivity index is 2.37. The molecular weight excluding hydrogens is 248 g/mol. The molecule has 1 aromatic rings. The lowest BCUT2D eigenvalue weighted by molar-refractivity contribution is -0.384. The zero-order chi connectivity index (χ0) is 13.8. The molecule has 1 aliphatic rings. The van der Waals surface area contributed by atoms with E-state index in [4.69, 9.17) is 5.11 Å². The summed E-state index contributed by atoms with van der Waals surface area (Å²) >= 11 is 0. The zero-order valence-corrected chi connectivity index (χ0v) is 10.5. The van der Waals surface area contributed by atoms with Gasteiger partial charge >= 0.3 is 5.97 Å². The van der Waals surface area contributed by atoms with Gasteiger partial charge in [-0.1, -0.05) is 12.8 Å². The lowest BCUT2D eigenvalue weighted by atomic mass is 10.1. The summed E-state index contributed by atoms with van der Waals surface area (Å²) in [5.41, 5.74) is 0.351. The van der Waals surface area contributed by atoms with Crippen LogP contribution in [0, 0.1) is 10.1 Å². The van der Waals surface area contributed by atoms with E-state index in [-0.39, 0.29) is 11.3 Å². The number of carbonyl (C=O) groups is 1. The first-order valence-corrected chi connectivity index (χ1v) is 6.36. The summed E-state index contributed by atoms with van der Waals surface area (Å²) in [5, 5.41) is 20.0. The fourth-order valence-corrected chi connectivity index (χ4v) is 2.38. The first kappa shape index (κ1) is 13.3. The van der Waals surface area contributed by atoms with Crippen LogP contribution in [0.15, 0.2) is 18.2 Å². The number of nitro groups is 1. The number of hydrogen-bond acceptors (Lipinski definition) is 4. The van der Waals surface area contributed by atoms with Gasteiger partial charge in [0.15, 0.2) is 0 Å². The number of carboxylic acid groups (broad SMARTS) is 1. The van der Waals surface area contributed by atoms with Gasteiger partial charge in [-0.2, -0.15) is 0 Å². The van der Waals surface area contributed by atoms with Crippen molar-refractivity contribution in [3.63, 3.8) is 0 Å². The second-order valence-electron chi connectivity index (χ2n) is 4.67. The first-order valence-electron chi connectivity index (χ1n) is 6.36. The van der Waals surface area contributed by atoms with E-state index in [0.717, 1.165) is 44.8 Å². The summed E-state index contributed by atoms with van der Waals surface area (Å²) in [5.74, 6) is -1.15. The Bertz CT molecular complexity index is 493. The van der Waals surface area contributed by atoms with Crippen molar-refractivity contribution >= 4 is 17.3 Å². The number of rotatable bonds is 3. The molecule has 2 rings (SSSR count). The van der Waals surface area contributed by atoms with Crippen LogP contribution in [-0.4, -0.2) is 29.1 Å². The topological polar surface area (TPSA) is 83.7 Å². The highest BCUT2D eigenvalue weighted by atomic mass is 16.6. The van der Waals surface area contributed by atoms with Gasteiger partial charge in [-0.15, -0.1) is 0 Å². The number of aromatic carboxylic acids is 1.